The molecule has 2 heterocycles. The zero-order valence-corrected chi connectivity index (χ0v) is 25.9. The zero-order chi connectivity index (χ0) is 31.1. The van der Waals surface area contributed by atoms with Crippen LogP contribution in [0.3, 0.4) is 0 Å². The normalized spacial score (nSPS) is 21.3. The first-order valence-corrected chi connectivity index (χ1v) is 15.2. The number of carbonyl (C=O) groups is 3. The number of amides is 3. The van der Waals surface area contributed by atoms with Crippen molar-refractivity contribution in [3.63, 3.8) is 0 Å². The number of hydrogen-bond acceptors (Lipinski definition) is 6. The van der Waals surface area contributed by atoms with Crippen molar-refractivity contribution in [1.82, 2.24) is 19.4 Å². The van der Waals surface area contributed by atoms with E-state index < -0.39 is 5.91 Å². The van der Waals surface area contributed by atoms with Gasteiger partial charge in [0.05, 0.1) is 28.2 Å². The van der Waals surface area contributed by atoms with E-state index in [1.807, 2.05) is 17.7 Å². The minimum Gasteiger partial charge on any atom is -0.490 e. The topological polar surface area (TPSA) is 121 Å². The van der Waals surface area contributed by atoms with Crippen molar-refractivity contribution < 1.29 is 19.1 Å². The number of anilines is 1. The van der Waals surface area contributed by atoms with E-state index in [0.717, 1.165) is 51.2 Å². The molecule has 0 spiro atoms. The number of allylic oxidation sites excluding steroid dienone is 2. The third kappa shape index (κ3) is 7.54. The molecule has 2 fully saturated rings. The maximum Gasteiger partial charge on any atom is 0.258 e. The van der Waals surface area contributed by atoms with Gasteiger partial charge in [-0.15, -0.1) is 0 Å². The number of likely N-dealkylation sites (tertiary alicyclic amines) is 1. The Bertz CT molecular complexity index is 1440. The van der Waals surface area contributed by atoms with Crippen LogP contribution < -0.4 is 10.1 Å². The highest BCUT2D eigenvalue weighted by atomic mass is 35.5. The summed E-state index contributed by atoms with van der Waals surface area (Å²) in [5, 5.41) is 10.8. The Hall–Kier alpha value is -3.92. The van der Waals surface area contributed by atoms with Gasteiger partial charge >= 0.3 is 0 Å². The second-order valence-electron chi connectivity index (χ2n) is 11.1. The van der Waals surface area contributed by atoms with E-state index in [2.05, 4.69) is 11.9 Å². The highest BCUT2D eigenvalue weighted by molar-refractivity contribution is 6.35. The number of nitrogens with one attached hydrogen (secondary N) is 2. The molecule has 1 aromatic carbocycles. The lowest BCUT2D eigenvalue weighted by molar-refractivity contribution is -0.130. The first-order valence-electron chi connectivity index (χ1n) is 14.8. The molecule has 3 amide bonds. The summed E-state index contributed by atoms with van der Waals surface area (Å²) in [7, 11) is 1.85. The lowest BCUT2D eigenvalue weighted by Crippen LogP contribution is -2.40. The average Bonchev–Trinajstić information content (AvgIpc) is 3.17. The molecule has 230 valence electrons. The summed E-state index contributed by atoms with van der Waals surface area (Å²) < 4.78 is 8.29. The second-order valence-corrected chi connectivity index (χ2v) is 11.5. The van der Waals surface area contributed by atoms with Gasteiger partial charge in [-0.25, -0.2) is 4.98 Å². The first kappa shape index (κ1) is 32.0. The number of benzene rings is 1. The van der Waals surface area contributed by atoms with Gasteiger partial charge in [0.2, 0.25) is 17.8 Å². The average molecular weight is 609 g/mol. The molecular formula is C32H41ClN6O4. The maximum atomic E-state index is 13.3. The van der Waals surface area contributed by atoms with Crippen LogP contribution in [0.5, 0.6) is 5.75 Å². The Kier molecular flexibility index (Phi) is 10.8. The number of imidazole rings is 1. The third-order valence-electron chi connectivity index (χ3n) is 8.30. The van der Waals surface area contributed by atoms with Crippen LogP contribution in [0.1, 0.15) is 64.8 Å². The summed E-state index contributed by atoms with van der Waals surface area (Å²) in [6.07, 6.45) is 13.0. The first-order chi connectivity index (χ1) is 20.7. The van der Waals surface area contributed by atoms with Gasteiger partial charge in [-0.1, -0.05) is 30.3 Å². The Balaban J connectivity index is 1.69. The number of nitrogens with zero attached hydrogens (tertiary/aromatic N) is 4. The largest absolute Gasteiger partial charge is 0.490 e. The van der Waals surface area contributed by atoms with Crippen molar-refractivity contribution in [1.29, 1.82) is 5.41 Å². The Morgan fingerprint density at radius 3 is 2.58 bits per heavy atom. The number of aromatic nitrogens is 2. The SMILES string of the molecule is C=CC(=O)N1CCCC[C@@H](n2c(NC(=O)C(/C=C/C)=C/C=N)nc3cc(OC4CCC(N(C)C(C)=O)CC4)cc(Cl)c32)C1. The predicted molar refractivity (Wildman–Crippen MR) is 170 cm³/mol. The highest BCUT2D eigenvalue weighted by Crippen LogP contribution is 2.37. The van der Waals surface area contributed by atoms with Crippen LogP contribution in [0.4, 0.5) is 5.95 Å². The van der Waals surface area contributed by atoms with E-state index in [4.69, 9.17) is 26.7 Å². The van der Waals surface area contributed by atoms with E-state index in [9.17, 15) is 14.4 Å². The van der Waals surface area contributed by atoms with Crippen LogP contribution in [0.2, 0.25) is 5.02 Å². The van der Waals surface area contributed by atoms with Crippen molar-refractivity contribution in [3.8, 4) is 5.75 Å². The lowest BCUT2D eigenvalue weighted by atomic mass is 9.92. The van der Waals surface area contributed by atoms with Crippen LogP contribution in [0.15, 0.2) is 48.6 Å². The van der Waals surface area contributed by atoms with Gasteiger partial charge in [-0.3, -0.25) is 19.7 Å². The zero-order valence-electron chi connectivity index (χ0n) is 25.1. The van der Waals surface area contributed by atoms with Crippen LogP contribution in [-0.2, 0) is 14.4 Å². The van der Waals surface area contributed by atoms with Crippen molar-refractivity contribution in [2.75, 3.05) is 25.5 Å². The van der Waals surface area contributed by atoms with Gasteiger partial charge in [0.25, 0.3) is 5.91 Å². The van der Waals surface area contributed by atoms with Gasteiger partial charge in [-0.2, -0.15) is 0 Å². The molecule has 10 nitrogen and oxygen atoms in total. The fraction of sp³-hybridized carbons (Fsp3) is 0.469. The summed E-state index contributed by atoms with van der Waals surface area (Å²) in [5.74, 6) is 0.413. The number of carbonyl (C=O) groups excluding carboxylic acids is 3. The molecule has 43 heavy (non-hydrogen) atoms. The van der Waals surface area contributed by atoms with Crippen LogP contribution in [0.25, 0.3) is 11.0 Å². The van der Waals surface area contributed by atoms with Crippen LogP contribution in [0, 0.1) is 5.41 Å². The molecule has 11 heteroatoms. The molecule has 0 unspecified atom stereocenters. The molecule has 2 aromatic rings. The molecule has 2 N–H and O–H groups in total. The number of ether oxygens (including phenoxy) is 1. The molecule has 2 aliphatic rings. The van der Waals surface area contributed by atoms with E-state index >= 15 is 0 Å². The maximum absolute atomic E-state index is 13.3. The summed E-state index contributed by atoms with van der Waals surface area (Å²) in [6, 6.07) is 3.64. The van der Waals surface area contributed by atoms with Crippen LogP contribution in [-0.4, -0.2) is 75.6 Å². The molecule has 1 saturated carbocycles. The van der Waals surface area contributed by atoms with Crippen molar-refractivity contribution in [3.05, 3.63) is 53.6 Å². The second kappa shape index (κ2) is 14.5. The van der Waals surface area contributed by atoms with Gasteiger partial charge in [-0.05, 0) is 64.0 Å². The van der Waals surface area contributed by atoms with Crippen molar-refractivity contribution in [2.45, 2.75) is 77.0 Å². The fourth-order valence-corrected chi connectivity index (χ4v) is 6.27. The molecule has 4 rings (SSSR count). The van der Waals surface area contributed by atoms with E-state index in [-0.39, 0.29) is 30.0 Å². The van der Waals surface area contributed by atoms with Crippen molar-refractivity contribution in [2.24, 2.45) is 0 Å². The summed E-state index contributed by atoms with van der Waals surface area (Å²) >= 11 is 6.94. The minimum atomic E-state index is -0.411. The molecule has 1 aromatic heterocycles. The fourth-order valence-electron chi connectivity index (χ4n) is 5.98. The smallest absolute Gasteiger partial charge is 0.258 e. The monoisotopic (exact) mass is 608 g/mol. The van der Waals surface area contributed by atoms with Crippen LogP contribution >= 0.6 is 11.6 Å². The minimum absolute atomic E-state index is 0.0126. The molecule has 0 radical (unpaired) electrons. The Labute approximate surface area is 257 Å². The number of fused-ring (bicyclic) bond motifs is 1. The van der Waals surface area contributed by atoms with Gasteiger partial charge in [0.1, 0.15) is 5.75 Å². The quantitative estimate of drug-likeness (QED) is 0.215. The molecule has 1 aliphatic carbocycles. The number of rotatable bonds is 9. The predicted octanol–water partition coefficient (Wildman–Crippen LogP) is 5.69. The van der Waals surface area contributed by atoms with E-state index in [1.165, 1.54) is 12.2 Å². The standard InChI is InChI=1S/C32H41ClN6O4/c1-5-9-22(15-16-34)31(42)36-32-35-28-19-26(43-25-13-11-23(12-14-25)37(4)21(3)40)18-27(33)30(28)39(32)24-10-7-8-17-38(20-24)29(41)6-2/h5-6,9,15-16,18-19,23-25,34H,2,7-8,10-14,17,20H2,1,3-4H3,(H,35,36,42)/b9-5+,22-15+,34-16?/t23?,24-,25?/m1/s1. The molecular weight excluding hydrogens is 568 g/mol. The number of hydrogen-bond donors (Lipinski definition) is 2. The molecule has 1 saturated heterocycles. The van der Waals surface area contributed by atoms with Gasteiger partial charge in [0.15, 0.2) is 0 Å². The van der Waals surface area contributed by atoms with Crippen molar-refractivity contribution >= 4 is 52.5 Å². The third-order valence-corrected chi connectivity index (χ3v) is 8.59. The molecule has 1 atom stereocenters. The van der Waals surface area contributed by atoms with Gasteiger partial charge in [0, 0.05) is 57.0 Å². The summed E-state index contributed by atoms with van der Waals surface area (Å²) in [6.45, 7) is 8.09. The highest BCUT2D eigenvalue weighted by Gasteiger charge is 2.29. The number of halogens is 1. The molecule has 0 bridgehead atoms. The molecule has 1 aliphatic heterocycles. The van der Waals surface area contributed by atoms with E-state index in [1.54, 1.807) is 41.9 Å². The Morgan fingerprint density at radius 2 is 1.93 bits per heavy atom. The summed E-state index contributed by atoms with van der Waals surface area (Å²) in [4.78, 5) is 46.0. The Morgan fingerprint density at radius 1 is 1.19 bits per heavy atom. The van der Waals surface area contributed by atoms with Gasteiger partial charge < -0.3 is 24.5 Å². The van der Waals surface area contributed by atoms with E-state index in [0.29, 0.717) is 46.4 Å². The lowest BCUT2D eigenvalue weighted by Gasteiger charge is -2.34. The summed E-state index contributed by atoms with van der Waals surface area (Å²) in [5.41, 5.74) is 1.52.